The number of allylic oxidation sites excluding steroid dienone is 1. The van der Waals surface area contributed by atoms with E-state index in [1.807, 2.05) is 4.90 Å². The molecule has 0 amide bonds. The van der Waals surface area contributed by atoms with Gasteiger partial charge in [-0.15, -0.1) is 0 Å². The van der Waals surface area contributed by atoms with Crippen molar-refractivity contribution in [1.29, 1.82) is 10.8 Å². The van der Waals surface area contributed by atoms with E-state index in [0.29, 0.717) is 25.4 Å². The molecule has 1 heterocycles. The molecule has 108 valence electrons. The Labute approximate surface area is 114 Å². The summed E-state index contributed by atoms with van der Waals surface area (Å²) in [6, 6.07) is 0. The first kappa shape index (κ1) is 15.7. The average Bonchev–Trinajstić information content (AvgIpc) is 2.39. The van der Waals surface area contributed by atoms with Gasteiger partial charge in [-0.05, 0) is 13.0 Å². The summed E-state index contributed by atoms with van der Waals surface area (Å²) in [6.07, 6.45) is 4.27. The first-order valence-corrected chi connectivity index (χ1v) is 6.78. The monoisotopic (exact) mass is 267 g/mol. The Morgan fingerprint density at radius 3 is 2.84 bits per heavy atom. The van der Waals surface area contributed by atoms with Crippen molar-refractivity contribution in [2.75, 3.05) is 26.2 Å². The van der Waals surface area contributed by atoms with Crippen LogP contribution in [0.3, 0.4) is 0 Å². The molecule has 1 aliphatic rings. The molecule has 1 atom stereocenters. The Hall–Kier alpha value is -1.40. The summed E-state index contributed by atoms with van der Waals surface area (Å²) in [5.74, 6) is 0.538. The van der Waals surface area contributed by atoms with Gasteiger partial charge in [0.2, 0.25) is 0 Å². The van der Waals surface area contributed by atoms with Crippen LogP contribution in [-0.2, 0) is 4.74 Å². The van der Waals surface area contributed by atoms with Crippen molar-refractivity contribution < 1.29 is 4.74 Å². The summed E-state index contributed by atoms with van der Waals surface area (Å²) in [5, 5.41) is 15.4. The molecule has 6 nitrogen and oxygen atoms in total. The minimum absolute atomic E-state index is 0.140. The van der Waals surface area contributed by atoms with E-state index in [9.17, 15) is 0 Å². The van der Waals surface area contributed by atoms with Gasteiger partial charge < -0.3 is 26.5 Å². The summed E-state index contributed by atoms with van der Waals surface area (Å²) in [4.78, 5) is 2.02. The smallest absolute Gasteiger partial charge is 0.101 e. The first-order valence-electron chi connectivity index (χ1n) is 6.78. The molecule has 1 aliphatic heterocycles. The van der Waals surface area contributed by atoms with Crippen LogP contribution in [0.2, 0.25) is 0 Å². The van der Waals surface area contributed by atoms with Crippen LogP contribution in [0.15, 0.2) is 11.9 Å². The van der Waals surface area contributed by atoms with E-state index in [2.05, 4.69) is 6.92 Å². The topological polar surface area (TPSA) is 112 Å². The Kier molecular flexibility index (Phi) is 6.52. The molecule has 6 N–H and O–H groups in total. The predicted octanol–water partition coefficient (Wildman–Crippen LogP) is 0.676. The average molecular weight is 267 g/mol. The highest BCUT2D eigenvalue weighted by atomic mass is 16.5. The zero-order chi connectivity index (χ0) is 14.3. The van der Waals surface area contributed by atoms with Crippen LogP contribution in [0.5, 0.6) is 0 Å². The van der Waals surface area contributed by atoms with Gasteiger partial charge in [-0.1, -0.05) is 13.3 Å². The van der Waals surface area contributed by atoms with Gasteiger partial charge in [0.05, 0.1) is 24.1 Å². The highest BCUT2D eigenvalue weighted by molar-refractivity contribution is 6.44. The molecule has 1 fully saturated rings. The van der Waals surface area contributed by atoms with Crippen LogP contribution in [-0.4, -0.2) is 48.7 Å². The van der Waals surface area contributed by atoms with Crippen molar-refractivity contribution in [2.45, 2.75) is 32.3 Å². The molecule has 1 rings (SSSR count). The first-order chi connectivity index (χ1) is 9.08. The second-order valence-electron chi connectivity index (χ2n) is 4.73. The van der Waals surface area contributed by atoms with Crippen molar-refractivity contribution >= 4 is 11.4 Å². The molecule has 0 aromatic rings. The number of ether oxygens (including phenoxy) is 1. The molecule has 0 spiro atoms. The highest BCUT2D eigenvalue weighted by Gasteiger charge is 2.20. The molecular weight excluding hydrogens is 242 g/mol. The largest absolute Gasteiger partial charge is 0.385 e. The molecule has 0 saturated carbocycles. The van der Waals surface area contributed by atoms with Gasteiger partial charge in [-0.3, -0.25) is 5.41 Å². The summed E-state index contributed by atoms with van der Waals surface area (Å²) in [7, 11) is 0. The second kappa shape index (κ2) is 7.91. The predicted molar refractivity (Wildman–Crippen MR) is 77.6 cm³/mol. The summed E-state index contributed by atoms with van der Waals surface area (Å²) in [6.45, 7) is 4.66. The Morgan fingerprint density at radius 2 is 2.21 bits per heavy atom. The van der Waals surface area contributed by atoms with Crippen LogP contribution in [0.1, 0.15) is 26.2 Å². The minimum Gasteiger partial charge on any atom is -0.385 e. The normalized spacial score (nSPS) is 20.4. The molecule has 6 heteroatoms. The maximum absolute atomic E-state index is 7.78. The van der Waals surface area contributed by atoms with Crippen LogP contribution in [0.4, 0.5) is 0 Å². The number of nitrogens with two attached hydrogens (primary N) is 2. The van der Waals surface area contributed by atoms with E-state index in [-0.39, 0.29) is 17.5 Å². The van der Waals surface area contributed by atoms with Crippen molar-refractivity contribution in [3.63, 3.8) is 0 Å². The van der Waals surface area contributed by atoms with Crippen LogP contribution in [0, 0.1) is 10.8 Å². The van der Waals surface area contributed by atoms with E-state index in [0.717, 1.165) is 25.9 Å². The highest BCUT2D eigenvalue weighted by Crippen LogP contribution is 2.12. The van der Waals surface area contributed by atoms with E-state index >= 15 is 0 Å². The van der Waals surface area contributed by atoms with Gasteiger partial charge >= 0.3 is 0 Å². The standard InChI is InChI=1S/C13H25N5O/c1-2-3-10-9-18(6-7-19-10)13(17)8-12(16)11(15)4-5-14/h8,10,15-16H,2-7,9,14,17H2,1H3/b13-8+,15-11?,16-12?. The van der Waals surface area contributed by atoms with Crippen molar-refractivity contribution in [1.82, 2.24) is 4.90 Å². The molecule has 0 aromatic heterocycles. The number of hydrogen-bond donors (Lipinski definition) is 4. The number of hydrogen-bond acceptors (Lipinski definition) is 6. The number of morpholine rings is 1. The van der Waals surface area contributed by atoms with Crippen molar-refractivity contribution in [3.8, 4) is 0 Å². The lowest BCUT2D eigenvalue weighted by Crippen LogP contribution is -2.44. The molecule has 0 bridgehead atoms. The lowest BCUT2D eigenvalue weighted by atomic mass is 10.1. The maximum Gasteiger partial charge on any atom is 0.101 e. The zero-order valence-corrected chi connectivity index (χ0v) is 11.6. The summed E-state index contributed by atoms with van der Waals surface area (Å²) in [5.41, 5.74) is 11.7. The molecule has 1 saturated heterocycles. The van der Waals surface area contributed by atoms with Gasteiger partial charge in [0.1, 0.15) is 5.82 Å². The fraction of sp³-hybridized carbons (Fsp3) is 0.692. The lowest BCUT2D eigenvalue weighted by molar-refractivity contribution is -0.0211. The second-order valence-corrected chi connectivity index (χ2v) is 4.73. The number of nitrogens with zero attached hydrogens (tertiary/aromatic N) is 1. The third-order valence-electron chi connectivity index (χ3n) is 3.13. The fourth-order valence-electron chi connectivity index (χ4n) is 2.06. The van der Waals surface area contributed by atoms with Crippen LogP contribution in [0.25, 0.3) is 0 Å². The Bertz CT molecular complexity index is 351. The number of nitrogens with one attached hydrogen (secondary N) is 2. The van der Waals surface area contributed by atoms with Crippen molar-refractivity contribution in [3.05, 3.63) is 11.9 Å². The maximum atomic E-state index is 7.78. The Balaban J connectivity index is 2.58. The molecule has 19 heavy (non-hydrogen) atoms. The van der Waals surface area contributed by atoms with Crippen molar-refractivity contribution in [2.24, 2.45) is 11.5 Å². The van der Waals surface area contributed by atoms with E-state index < -0.39 is 0 Å². The lowest BCUT2D eigenvalue weighted by Gasteiger charge is -2.34. The molecule has 0 aliphatic carbocycles. The van der Waals surface area contributed by atoms with Gasteiger partial charge in [0, 0.05) is 25.6 Å². The van der Waals surface area contributed by atoms with Crippen LogP contribution >= 0.6 is 0 Å². The quantitative estimate of drug-likeness (QED) is 0.508. The Morgan fingerprint density at radius 1 is 1.47 bits per heavy atom. The third-order valence-corrected chi connectivity index (χ3v) is 3.13. The molecule has 0 radical (unpaired) electrons. The summed E-state index contributed by atoms with van der Waals surface area (Å²) < 4.78 is 5.65. The van der Waals surface area contributed by atoms with Gasteiger partial charge in [0.15, 0.2) is 0 Å². The number of rotatable bonds is 7. The van der Waals surface area contributed by atoms with Gasteiger partial charge in [-0.2, -0.15) is 0 Å². The zero-order valence-electron chi connectivity index (χ0n) is 11.6. The fourth-order valence-corrected chi connectivity index (χ4v) is 2.06. The van der Waals surface area contributed by atoms with E-state index in [4.69, 9.17) is 27.0 Å². The SMILES string of the molecule is CCCC1CN(/C(N)=C/C(=N)C(=N)CCN)CCO1. The molecule has 0 aromatic carbocycles. The van der Waals surface area contributed by atoms with E-state index in [1.165, 1.54) is 0 Å². The third kappa shape index (κ3) is 5.00. The van der Waals surface area contributed by atoms with E-state index in [1.54, 1.807) is 6.08 Å². The summed E-state index contributed by atoms with van der Waals surface area (Å²) >= 11 is 0. The van der Waals surface area contributed by atoms with Gasteiger partial charge in [-0.25, -0.2) is 0 Å². The molecule has 1 unspecified atom stereocenters. The molecular formula is C13H25N5O. The minimum atomic E-state index is 0.140. The van der Waals surface area contributed by atoms with Gasteiger partial charge in [0.25, 0.3) is 0 Å². The van der Waals surface area contributed by atoms with Crippen LogP contribution < -0.4 is 11.5 Å².